The summed E-state index contributed by atoms with van der Waals surface area (Å²) in [5.74, 6) is 0.300. The topological polar surface area (TPSA) is 39.2 Å². The number of fused-ring (bicyclic) bond motifs is 1. The third-order valence-electron chi connectivity index (χ3n) is 2.69. The fourth-order valence-corrected chi connectivity index (χ4v) is 1.82. The van der Waals surface area contributed by atoms with E-state index in [1.54, 1.807) is 18.2 Å². The van der Waals surface area contributed by atoms with Gasteiger partial charge in [0.2, 0.25) is 0 Å². The SMILES string of the molecule is Nc1ccc(-c2cc3cccc(F)c3o2)cc1. The molecule has 1 heterocycles. The Hall–Kier alpha value is -2.29. The van der Waals surface area contributed by atoms with Crippen molar-refractivity contribution in [1.29, 1.82) is 0 Å². The van der Waals surface area contributed by atoms with Gasteiger partial charge in [0.25, 0.3) is 0 Å². The molecule has 1 aromatic heterocycles. The van der Waals surface area contributed by atoms with Gasteiger partial charge >= 0.3 is 0 Å². The van der Waals surface area contributed by atoms with Crippen molar-refractivity contribution in [3.05, 3.63) is 54.3 Å². The molecule has 0 fully saturated rings. The number of para-hydroxylation sites is 1. The number of furan rings is 1. The molecule has 0 aliphatic rings. The zero-order valence-corrected chi connectivity index (χ0v) is 8.98. The first kappa shape index (κ1) is 9.90. The molecule has 3 heteroatoms. The first-order valence-electron chi connectivity index (χ1n) is 5.28. The largest absolute Gasteiger partial charge is 0.453 e. The van der Waals surface area contributed by atoms with Crippen molar-refractivity contribution >= 4 is 16.7 Å². The zero-order valence-electron chi connectivity index (χ0n) is 8.98. The lowest BCUT2D eigenvalue weighted by molar-refractivity contribution is 0.569. The molecule has 0 radical (unpaired) electrons. The van der Waals surface area contributed by atoms with Crippen LogP contribution in [0.25, 0.3) is 22.3 Å². The van der Waals surface area contributed by atoms with E-state index in [1.807, 2.05) is 24.3 Å². The van der Waals surface area contributed by atoms with Crippen LogP contribution in [-0.2, 0) is 0 Å². The fourth-order valence-electron chi connectivity index (χ4n) is 1.82. The third-order valence-corrected chi connectivity index (χ3v) is 2.69. The van der Waals surface area contributed by atoms with E-state index in [1.165, 1.54) is 6.07 Å². The summed E-state index contributed by atoms with van der Waals surface area (Å²) in [7, 11) is 0. The minimum absolute atomic E-state index is 0.291. The van der Waals surface area contributed by atoms with Gasteiger partial charge < -0.3 is 10.2 Å². The predicted octanol–water partition coefficient (Wildman–Crippen LogP) is 3.82. The molecule has 2 nitrogen and oxygen atoms in total. The first-order valence-corrected chi connectivity index (χ1v) is 5.28. The van der Waals surface area contributed by atoms with Crippen molar-refractivity contribution in [3.63, 3.8) is 0 Å². The van der Waals surface area contributed by atoms with Gasteiger partial charge in [-0.3, -0.25) is 0 Å². The maximum absolute atomic E-state index is 13.5. The van der Waals surface area contributed by atoms with Gasteiger partial charge in [0, 0.05) is 16.6 Å². The number of rotatable bonds is 1. The molecule has 17 heavy (non-hydrogen) atoms. The van der Waals surface area contributed by atoms with E-state index < -0.39 is 0 Å². The van der Waals surface area contributed by atoms with Crippen molar-refractivity contribution in [3.8, 4) is 11.3 Å². The molecular weight excluding hydrogens is 217 g/mol. The van der Waals surface area contributed by atoms with Crippen LogP contribution in [0.15, 0.2) is 52.9 Å². The Balaban J connectivity index is 2.18. The zero-order chi connectivity index (χ0) is 11.8. The van der Waals surface area contributed by atoms with Crippen LogP contribution in [-0.4, -0.2) is 0 Å². The van der Waals surface area contributed by atoms with Crippen LogP contribution in [0.3, 0.4) is 0 Å². The second-order valence-electron chi connectivity index (χ2n) is 3.89. The molecule has 0 amide bonds. The van der Waals surface area contributed by atoms with E-state index in [0.29, 0.717) is 17.0 Å². The Labute approximate surface area is 97.5 Å². The normalized spacial score (nSPS) is 10.9. The summed E-state index contributed by atoms with van der Waals surface area (Å²) >= 11 is 0. The lowest BCUT2D eigenvalue weighted by atomic mass is 10.1. The molecule has 0 spiro atoms. The molecule has 2 aromatic carbocycles. The second kappa shape index (κ2) is 3.63. The van der Waals surface area contributed by atoms with E-state index in [9.17, 15) is 4.39 Å². The molecule has 3 rings (SSSR count). The molecule has 0 saturated heterocycles. The average Bonchev–Trinajstić information content (AvgIpc) is 2.75. The van der Waals surface area contributed by atoms with Crippen LogP contribution in [0.5, 0.6) is 0 Å². The van der Waals surface area contributed by atoms with E-state index in [2.05, 4.69) is 0 Å². The van der Waals surface area contributed by atoms with Gasteiger partial charge in [-0.1, -0.05) is 12.1 Å². The smallest absolute Gasteiger partial charge is 0.170 e. The molecule has 3 aromatic rings. The van der Waals surface area contributed by atoms with Gasteiger partial charge in [0.05, 0.1) is 0 Å². The van der Waals surface area contributed by atoms with Crippen LogP contribution in [0.2, 0.25) is 0 Å². The quantitative estimate of drug-likeness (QED) is 0.642. The maximum atomic E-state index is 13.5. The number of nitrogens with two attached hydrogens (primary N) is 1. The summed E-state index contributed by atoms with van der Waals surface area (Å²) in [5, 5.41) is 0.761. The Morgan fingerprint density at radius 2 is 1.76 bits per heavy atom. The molecule has 2 N–H and O–H groups in total. The predicted molar refractivity (Wildman–Crippen MR) is 66.0 cm³/mol. The van der Waals surface area contributed by atoms with Crippen LogP contribution >= 0.6 is 0 Å². The molecule has 0 aliphatic carbocycles. The highest BCUT2D eigenvalue weighted by molar-refractivity contribution is 5.83. The van der Waals surface area contributed by atoms with Gasteiger partial charge in [0.1, 0.15) is 5.76 Å². The Kier molecular flexibility index (Phi) is 2.11. The summed E-state index contributed by atoms with van der Waals surface area (Å²) in [6, 6.07) is 14.0. The standard InChI is InChI=1S/C14H10FNO/c15-12-3-1-2-10-8-13(17-14(10)12)9-4-6-11(16)7-5-9/h1-8H,16H2. The van der Waals surface area contributed by atoms with Crippen molar-refractivity contribution in [2.45, 2.75) is 0 Å². The molecule has 0 unspecified atom stereocenters. The van der Waals surface area contributed by atoms with Crippen LogP contribution in [0.1, 0.15) is 0 Å². The Morgan fingerprint density at radius 3 is 2.47 bits per heavy atom. The minimum Gasteiger partial charge on any atom is -0.453 e. The van der Waals surface area contributed by atoms with Crippen LogP contribution in [0.4, 0.5) is 10.1 Å². The highest BCUT2D eigenvalue weighted by Crippen LogP contribution is 2.29. The molecule has 84 valence electrons. The van der Waals surface area contributed by atoms with E-state index in [0.717, 1.165) is 10.9 Å². The Bertz CT molecular complexity index is 670. The maximum Gasteiger partial charge on any atom is 0.170 e. The highest BCUT2D eigenvalue weighted by atomic mass is 19.1. The van der Waals surface area contributed by atoms with Gasteiger partial charge in [-0.2, -0.15) is 0 Å². The lowest BCUT2D eigenvalue weighted by Gasteiger charge is -1.96. The number of benzene rings is 2. The van der Waals surface area contributed by atoms with Crippen molar-refractivity contribution in [1.82, 2.24) is 0 Å². The van der Waals surface area contributed by atoms with Gasteiger partial charge in [-0.05, 0) is 36.4 Å². The second-order valence-corrected chi connectivity index (χ2v) is 3.89. The number of nitrogen functional groups attached to an aromatic ring is 1. The summed E-state index contributed by atoms with van der Waals surface area (Å²) in [6.45, 7) is 0. The van der Waals surface area contributed by atoms with E-state index in [4.69, 9.17) is 10.2 Å². The summed E-state index contributed by atoms with van der Waals surface area (Å²) < 4.78 is 19.0. The summed E-state index contributed by atoms with van der Waals surface area (Å²) in [5.41, 5.74) is 7.48. The molecular formula is C14H10FNO. The number of hydrogen-bond donors (Lipinski definition) is 1. The number of hydrogen-bond acceptors (Lipinski definition) is 2. The average molecular weight is 227 g/mol. The third kappa shape index (κ3) is 1.65. The van der Waals surface area contributed by atoms with Gasteiger partial charge in [0.15, 0.2) is 11.4 Å². The fraction of sp³-hybridized carbons (Fsp3) is 0. The number of halogens is 1. The van der Waals surface area contributed by atoms with Crippen molar-refractivity contribution in [2.24, 2.45) is 0 Å². The molecule has 0 aliphatic heterocycles. The van der Waals surface area contributed by atoms with Gasteiger partial charge in [-0.15, -0.1) is 0 Å². The molecule has 0 bridgehead atoms. The summed E-state index contributed by atoms with van der Waals surface area (Å²) in [4.78, 5) is 0. The lowest BCUT2D eigenvalue weighted by Crippen LogP contribution is -1.82. The van der Waals surface area contributed by atoms with Gasteiger partial charge in [-0.25, -0.2) is 4.39 Å². The van der Waals surface area contributed by atoms with Crippen LogP contribution in [0, 0.1) is 5.82 Å². The van der Waals surface area contributed by atoms with Crippen molar-refractivity contribution in [2.75, 3.05) is 5.73 Å². The summed E-state index contributed by atoms with van der Waals surface area (Å²) in [6.07, 6.45) is 0. The minimum atomic E-state index is -0.343. The van der Waals surface area contributed by atoms with Crippen molar-refractivity contribution < 1.29 is 8.81 Å². The monoisotopic (exact) mass is 227 g/mol. The highest BCUT2D eigenvalue weighted by Gasteiger charge is 2.09. The molecule has 0 saturated carbocycles. The van der Waals surface area contributed by atoms with E-state index >= 15 is 0 Å². The number of anilines is 1. The Morgan fingerprint density at radius 1 is 1.00 bits per heavy atom. The van der Waals surface area contributed by atoms with E-state index in [-0.39, 0.29) is 5.82 Å². The van der Waals surface area contributed by atoms with Crippen LogP contribution < -0.4 is 5.73 Å². The molecule has 0 atom stereocenters. The first-order chi connectivity index (χ1) is 8.24.